The van der Waals surface area contributed by atoms with Crippen LogP contribution in [0.15, 0.2) is 29.3 Å². The molecule has 0 unspecified atom stereocenters. The Morgan fingerprint density at radius 2 is 1.93 bits per heavy atom. The summed E-state index contributed by atoms with van der Waals surface area (Å²) in [6.07, 6.45) is 2.68. The molecule has 0 saturated carbocycles. The maximum atomic E-state index is 11.5. The van der Waals surface area contributed by atoms with Crippen LogP contribution in [0.25, 0.3) is 0 Å². The summed E-state index contributed by atoms with van der Waals surface area (Å²) in [4.78, 5) is 18.5. The van der Waals surface area contributed by atoms with Crippen molar-refractivity contribution in [3.05, 3.63) is 29.8 Å². The van der Waals surface area contributed by atoms with Gasteiger partial charge in [-0.05, 0) is 44.7 Å². The molecule has 0 aliphatic carbocycles. The maximum absolute atomic E-state index is 11.5. The van der Waals surface area contributed by atoms with Gasteiger partial charge >= 0.3 is 0 Å². The Bertz CT molecular complexity index is 584. The van der Waals surface area contributed by atoms with Gasteiger partial charge in [-0.2, -0.15) is 0 Å². The Morgan fingerprint density at radius 3 is 2.52 bits per heavy atom. The number of likely N-dealkylation sites (tertiary alicyclic amines) is 1. The van der Waals surface area contributed by atoms with Gasteiger partial charge < -0.3 is 20.3 Å². The lowest BCUT2D eigenvalue weighted by molar-refractivity contribution is -0.121. The van der Waals surface area contributed by atoms with Crippen LogP contribution in [0.4, 0.5) is 0 Å². The van der Waals surface area contributed by atoms with Gasteiger partial charge in [-0.15, -0.1) is 24.0 Å². The van der Waals surface area contributed by atoms with E-state index in [0.29, 0.717) is 25.5 Å². The van der Waals surface area contributed by atoms with Crippen LogP contribution in [0, 0.1) is 12.8 Å². The summed E-state index contributed by atoms with van der Waals surface area (Å²) in [6, 6.07) is 8.07. The third-order valence-electron chi connectivity index (χ3n) is 4.64. The number of piperidine rings is 1. The first-order valence-corrected chi connectivity index (χ1v) is 9.55. The summed E-state index contributed by atoms with van der Waals surface area (Å²) in [5, 5.41) is 6.08. The highest BCUT2D eigenvalue weighted by atomic mass is 127. The van der Waals surface area contributed by atoms with Gasteiger partial charge in [0.1, 0.15) is 12.4 Å². The van der Waals surface area contributed by atoms with Gasteiger partial charge in [0.15, 0.2) is 5.96 Å². The molecule has 1 aliphatic heterocycles. The van der Waals surface area contributed by atoms with Crippen LogP contribution in [-0.4, -0.2) is 56.6 Å². The highest BCUT2D eigenvalue weighted by Crippen LogP contribution is 2.20. The molecule has 1 heterocycles. The molecule has 1 aromatic rings. The van der Waals surface area contributed by atoms with Crippen molar-refractivity contribution in [3.63, 3.8) is 0 Å². The Hall–Kier alpha value is -1.51. The molecule has 152 valence electrons. The molecule has 2 N–H and O–H groups in total. The standard InChI is InChI=1S/C20H32N4O2.HI/c1-4-22-20(23-11-14-26-18-7-5-16(2)6-8-18)24-12-9-17(10-13-24)15-19(25)21-3;/h5-8,17H,4,9-15H2,1-3H3,(H,21,25)(H,22,23);1H. The number of nitrogens with zero attached hydrogens (tertiary/aromatic N) is 2. The molecule has 1 aliphatic rings. The van der Waals surface area contributed by atoms with Gasteiger partial charge in [-0.25, -0.2) is 4.99 Å². The van der Waals surface area contributed by atoms with E-state index in [9.17, 15) is 4.79 Å². The highest BCUT2D eigenvalue weighted by molar-refractivity contribution is 14.0. The largest absolute Gasteiger partial charge is 0.492 e. The van der Waals surface area contributed by atoms with Crippen LogP contribution in [0.3, 0.4) is 0 Å². The van der Waals surface area contributed by atoms with E-state index in [1.807, 2.05) is 24.3 Å². The molecule has 0 bridgehead atoms. The van der Waals surface area contributed by atoms with Crippen LogP contribution < -0.4 is 15.4 Å². The van der Waals surface area contributed by atoms with Crippen molar-refractivity contribution in [1.29, 1.82) is 0 Å². The minimum absolute atomic E-state index is 0. The second-order valence-corrected chi connectivity index (χ2v) is 6.70. The maximum Gasteiger partial charge on any atom is 0.220 e. The van der Waals surface area contributed by atoms with Gasteiger partial charge in [-0.3, -0.25) is 4.79 Å². The molecule has 0 spiro atoms. The smallest absolute Gasteiger partial charge is 0.220 e. The predicted molar refractivity (Wildman–Crippen MR) is 121 cm³/mol. The lowest BCUT2D eigenvalue weighted by Gasteiger charge is -2.34. The number of nitrogens with one attached hydrogen (secondary N) is 2. The van der Waals surface area contributed by atoms with Gasteiger partial charge in [0.2, 0.25) is 5.91 Å². The molecular weight excluding hydrogens is 455 g/mol. The third kappa shape index (κ3) is 8.36. The zero-order valence-electron chi connectivity index (χ0n) is 16.7. The second kappa shape index (κ2) is 12.8. The number of carbonyl (C=O) groups is 1. The number of guanidine groups is 1. The van der Waals surface area contributed by atoms with Crippen LogP contribution in [-0.2, 0) is 4.79 Å². The summed E-state index contributed by atoms with van der Waals surface area (Å²) in [5.41, 5.74) is 1.23. The molecule has 7 heteroatoms. The fraction of sp³-hybridized carbons (Fsp3) is 0.600. The van der Waals surface area contributed by atoms with Crippen LogP contribution in [0.5, 0.6) is 5.75 Å². The summed E-state index contributed by atoms with van der Waals surface area (Å²) >= 11 is 0. The van der Waals surface area contributed by atoms with Gasteiger partial charge in [0.05, 0.1) is 6.54 Å². The van der Waals surface area contributed by atoms with Crippen LogP contribution >= 0.6 is 24.0 Å². The van der Waals surface area contributed by atoms with E-state index in [-0.39, 0.29) is 29.9 Å². The lowest BCUT2D eigenvalue weighted by atomic mass is 9.93. The Labute approximate surface area is 180 Å². The summed E-state index contributed by atoms with van der Waals surface area (Å²) in [6.45, 7) is 8.04. The van der Waals surface area contributed by atoms with E-state index in [0.717, 1.165) is 44.2 Å². The molecule has 1 aromatic carbocycles. The minimum atomic E-state index is 0. The average molecular weight is 488 g/mol. The quantitative estimate of drug-likeness (QED) is 0.268. The molecule has 27 heavy (non-hydrogen) atoms. The average Bonchev–Trinajstić information content (AvgIpc) is 2.66. The normalized spacial score (nSPS) is 15.1. The van der Waals surface area contributed by atoms with Crippen molar-refractivity contribution in [3.8, 4) is 5.75 Å². The van der Waals surface area contributed by atoms with E-state index < -0.39 is 0 Å². The number of carbonyl (C=O) groups excluding carboxylic acids is 1. The summed E-state index contributed by atoms with van der Waals surface area (Å²) in [7, 11) is 1.70. The number of halogens is 1. The zero-order chi connectivity index (χ0) is 18.8. The number of hydrogen-bond acceptors (Lipinski definition) is 3. The summed E-state index contributed by atoms with van der Waals surface area (Å²) in [5.74, 6) is 2.43. The molecule has 1 amide bonds. The Morgan fingerprint density at radius 1 is 1.26 bits per heavy atom. The van der Waals surface area contributed by atoms with Gasteiger partial charge in [0, 0.05) is 33.1 Å². The van der Waals surface area contributed by atoms with Crippen LogP contribution in [0.2, 0.25) is 0 Å². The van der Waals surface area contributed by atoms with E-state index in [2.05, 4.69) is 29.4 Å². The monoisotopic (exact) mass is 488 g/mol. The number of ether oxygens (including phenoxy) is 1. The molecule has 0 radical (unpaired) electrons. The number of benzene rings is 1. The van der Waals surface area contributed by atoms with Gasteiger partial charge in [0.25, 0.3) is 0 Å². The predicted octanol–water partition coefficient (Wildman–Crippen LogP) is 2.81. The van der Waals surface area contributed by atoms with Gasteiger partial charge in [-0.1, -0.05) is 17.7 Å². The van der Waals surface area contributed by atoms with Crippen molar-refractivity contribution in [2.45, 2.75) is 33.1 Å². The van der Waals surface area contributed by atoms with Crippen LogP contribution in [0.1, 0.15) is 31.7 Å². The highest BCUT2D eigenvalue weighted by Gasteiger charge is 2.22. The molecule has 0 atom stereocenters. The number of rotatable bonds is 7. The van der Waals surface area contributed by atoms with E-state index in [4.69, 9.17) is 9.73 Å². The second-order valence-electron chi connectivity index (χ2n) is 6.70. The Kier molecular flexibility index (Phi) is 11.2. The first kappa shape index (κ1) is 23.5. The first-order chi connectivity index (χ1) is 12.6. The molecule has 1 saturated heterocycles. The Balaban J connectivity index is 0.00000364. The molecule has 6 nitrogen and oxygen atoms in total. The summed E-state index contributed by atoms with van der Waals surface area (Å²) < 4.78 is 5.75. The van der Waals surface area contributed by atoms with E-state index in [1.165, 1.54) is 5.56 Å². The first-order valence-electron chi connectivity index (χ1n) is 9.55. The number of aliphatic imine (C=N–C) groups is 1. The zero-order valence-corrected chi connectivity index (χ0v) is 19.0. The topological polar surface area (TPSA) is 66.0 Å². The van der Waals surface area contributed by atoms with Crippen molar-refractivity contribution >= 4 is 35.8 Å². The third-order valence-corrected chi connectivity index (χ3v) is 4.64. The van der Waals surface area contributed by atoms with Crippen molar-refractivity contribution < 1.29 is 9.53 Å². The minimum Gasteiger partial charge on any atom is -0.492 e. The number of amides is 1. The molecule has 1 fully saturated rings. The molecular formula is C20H33IN4O2. The van der Waals surface area contributed by atoms with Crippen molar-refractivity contribution in [2.24, 2.45) is 10.9 Å². The fourth-order valence-corrected chi connectivity index (χ4v) is 3.09. The molecule has 0 aromatic heterocycles. The number of aryl methyl sites for hydroxylation is 1. The number of hydrogen-bond donors (Lipinski definition) is 2. The van der Waals surface area contributed by atoms with Crippen molar-refractivity contribution in [1.82, 2.24) is 15.5 Å². The lowest BCUT2D eigenvalue weighted by Crippen LogP contribution is -2.46. The molecule has 2 rings (SSSR count). The van der Waals surface area contributed by atoms with Crippen molar-refractivity contribution in [2.75, 3.05) is 39.8 Å². The SMILES string of the molecule is CCNC(=NCCOc1ccc(C)cc1)N1CCC(CC(=O)NC)CC1.I. The fourth-order valence-electron chi connectivity index (χ4n) is 3.09. The van der Waals surface area contributed by atoms with E-state index >= 15 is 0 Å². The van der Waals surface area contributed by atoms with E-state index in [1.54, 1.807) is 7.05 Å².